The van der Waals surface area contributed by atoms with Crippen molar-refractivity contribution in [3.05, 3.63) is 24.3 Å². The molecule has 31 heavy (non-hydrogen) atoms. The maximum absolute atomic E-state index is 12.7. The van der Waals surface area contributed by atoms with Gasteiger partial charge in [-0.2, -0.15) is 8.42 Å². The van der Waals surface area contributed by atoms with Gasteiger partial charge in [-0.05, 0) is 94.4 Å². The summed E-state index contributed by atoms with van der Waals surface area (Å²) in [6, 6.07) is 6.86. The molecule has 4 rings (SSSR count). The average molecular weight is 467 g/mol. The topological polar surface area (TPSA) is 69.7 Å². The average Bonchev–Trinajstić information content (AvgIpc) is 2.66. The van der Waals surface area contributed by atoms with E-state index in [1.165, 1.54) is 44.9 Å². The Kier molecular flexibility index (Phi) is 6.39. The number of fused-ring (bicyclic) bond motifs is 2. The second kappa shape index (κ2) is 8.62. The van der Waals surface area contributed by atoms with Gasteiger partial charge in [0.25, 0.3) is 0 Å². The standard InChI is InChI=1S/C24H34O5S2/c1-23(2,24-12-10-18-5-4-17(15-24)14-19(18)16-24)28-22(25)11-13-30-21-8-6-20(7-9-21)29-31(3,26)27/h6-9,17-19H,4-5,10-16H2,1-3H3. The molecule has 0 spiro atoms. The van der Waals surface area contributed by atoms with Crippen molar-refractivity contribution in [3.63, 3.8) is 0 Å². The minimum absolute atomic E-state index is 0.123. The summed E-state index contributed by atoms with van der Waals surface area (Å²) in [7, 11) is -3.52. The third-order valence-electron chi connectivity index (χ3n) is 7.87. The minimum Gasteiger partial charge on any atom is -0.459 e. The monoisotopic (exact) mass is 466 g/mol. The van der Waals surface area contributed by atoms with E-state index in [-0.39, 0.29) is 11.4 Å². The van der Waals surface area contributed by atoms with Crippen LogP contribution in [-0.2, 0) is 19.6 Å². The SMILES string of the molecule is CC(C)(OC(=O)CCSc1ccc(OS(C)(=O)=O)cc1)C12CCC3CCC(CC3C1)C2. The number of esters is 1. The van der Waals surface area contributed by atoms with Crippen LogP contribution >= 0.6 is 11.8 Å². The largest absolute Gasteiger partial charge is 0.459 e. The molecule has 3 bridgehead atoms. The second-order valence-electron chi connectivity index (χ2n) is 10.3. The molecular formula is C24H34O5S2. The van der Waals surface area contributed by atoms with E-state index in [0.717, 1.165) is 28.9 Å². The van der Waals surface area contributed by atoms with Crippen molar-refractivity contribution in [1.82, 2.24) is 0 Å². The molecule has 0 N–H and O–H groups in total. The van der Waals surface area contributed by atoms with Gasteiger partial charge in [0.05, 0.1) is 12.7 Å². The molecule has 1 aromatic rings. The van der Waals surface area contributed by atoms with E-state index < -0.39 is 15.7 Å². The van der Waals surface area contributed by atoms with Crippen LogP contribution in [0.1, 0.15) is 65.2 Å². The van der Waals surface area contributed by atoms with E-state index in [9.17, 15) is 13.2 Å². The van der Waals surface area contributed by atoms with Crippen LogP contribution in [0.5, 0.6) is 5.75 Å². The predicted octanol–water partition coefficient (Wildman–Crippen LogP) is 5.44. The molecular weight excluding hydrogens is 432 g/mol. The Balaban J connectivity index is 1.28. The van der Waals surface area contributed by atoms with Gasteiger partial charge >= 0.3 is 16.1 Å². The van der Waals surface area contributed by atoms with Crippen LogP contribution in [0.3, 0.4) is 0 Å². The van der Waals surface area contributed by atoms with Crippen molar-refractivity contribution < 1.29 is 22.1 Å². The Labute approximate surface area is 190 Å². The molecule has 0 amide bonds. The van der Waals surface area contributed by atoms with Crippen LogP contribution in [-0.4, -0.2) is 32.0 Å². The third kappa shape index (κ3) is 5.24. The zero-order valence-corrected chi connectivity index (χ0v) is 20.4. The maximum Gasteiger partial charge on any atom is 0.307 e. The van der Waals surface area contributed by atoms with E-state index in [2.05, 4.69) is 13.8 Å². The van der Waals surface area contributed by atoms with E-state index >= 15 is 0 Å². The molecule has 3 aliphatic carbocycles. The van der Waals surface area contributed by atoms with Crippen LogP contribution in [0.4, 0.5) is 0 Å². The first-order valence-electron chi connectivity index (χ1n) is 11.4. The van der Waals surface area contributed by atoms with Gasteiger partial charge in [-0.25, -0.2) is 0 Å². The fourth-order valence-corrected chi connectivity index (χ4v) is 7.59. The number of carbonyl (C=O) groups is 1. The van der Waals surface area contributed by atoms with Crippen LogP contribution in [0, 0.1) is 23.2 Å². The lowest BCUT2D eigenvalue weighted by Crippen LogP contribution is -2.55. The molecule has 3 saturated carbocycles. The number of hydrogen-bond donors (Lipinski definition) is 0. The Hall–Kier alpha value is -1.21. The molecule has 0 saturated heterocycles. The highest BCUT2D eigenvalue weighted by Gasteiger charge is 2.57. The molecule has 0 heterocycles. The van der Waals surface area contributed by atoms with Gasteiger partial charge in [-0.3, -0.25) is 4.79 Å². The summed E-state index contributed by atoms with van der Waals surface area (Å²) >= 11 is 1.56. The predicted molar refractivity (Wildman–Crippen MR) is 123 cm³/mol. The summed E-state index contributed by atoms with van der Waals surface area (Å²) in [5.74, 6) is 3.35. The zero-order chi connectivity index (χ0) is 22.3. The summed E-state index contributed by atoms with van der Waals surface area (Å²) in [6.07, 6.45) is 10.5. The van der Waals surface area contributed by atoms with Crippen molar-refractivity contribution in [2.75, 3.05) is 12.0 Å². The highest BCUT2D eigenvalue weighted by molar-refractivity contribution is 7.99. The van der Waals surface area contributed by atoms with Gasteiger partial charge in [0, 0.05) is 16.1 Å². The van der Waals surface area contributed by atoms with Crippen LogP contribution in [0.2, 0.25) is 0 Å². The lowest BCUT2D eigenvalue weighted by Gasteiger charge is -2.59. The Morgan fingerprint density at radius 3 is 2.58 bits per heavy atom. The molecule has 0 aliphatic heterocycles. The molecule has 7 heteroatoms. The molecule has 3 fully saturated rings. The van der Waals surface area contributed by atoms with Gasteiger partial charge in [0.1, 0.15) is 11.4 Å². The van der Waals surface area contributed by atoms with Gasteiger partial charge < -0.3 is 8.92 Å². The summed E-state index contributed by atoms with van der Waals surface area (Å²) in [6.45, 7) is 4.28. The summed E-state index contributed by atoms with van der Waals surface area (Å²) in [5.41, 5.74) is -0.269. The Morgan fingerprint density at radius 1 is 1.13 bits per heavy atom. The molecule has 4 unspecified atom stereocenters. The third-order valence-corrected chi connectivity index (χ3v) is 9.38. The van der Waals surface area contributed by atoms with Gasteiger partial charge in [-0.15, -0.1) is 11.8 Å². The van der Waals surface area contributed by atoms with Gasteiger partial charge in [0.2, 0.25) is 0 Å². The van der Waals surface area contributed by atoms with Crippen molar-refractivity contribution in [3.8, 4) is 5.75 Å². The number of rotatable bonds is 8. The first-order valence-corrected chi connectivity index (χ1v) is 14.2. The Bertz CT molecular complexity index is 904. The molecule has 0 aromatic heterocycles. The van der Waals surface area contributed by atoms with Gasteiger partial charge in [0.15, 0.2) is 0 Å². The summed E-state index contributed by atoms with van der Waals surface area (Å²) in [5, 5.41) is 0. The van der Waals surface area contributed by atoms with Crippen molar-refractivity contribution in [1.29, 1.82) is 0 Å². The van der Waals surface area contributed by atoms with Crippen LogP contribution in [0.15, 0.2) is 29.2 Å². The molecule has 0 radical (unpaired) electrons. The van der Waals surface area contributed by atoms with E-state index in [1.54, 1.807) is 36.0 Å². The highest BCUT2D eigenvalue weighted by atomic mass is 32.2. The zero-order valence-electron chi connectivity index (χ0n) is 18.8. The smallest absolute Gasteiger partial charge is 0.307 e. The molecule has 3 aliphatic rings. The fourth-order valence-electron chi connectivity index (χ4n) is 6.30. The maximum atomic E-state index is 12.7. The molecule has 4 atom stereocenters. The van der Waals surface area contributed by atoms with E-state index in [4.69, 9.17) is 8.92 Å². The van der Waals surface area contributed by atoms with Crippen molar-refractivity contribution in [2.45, 2.75) is 75.7 Å². The van der Waals surface area contributed by atoms with Crippen molar-refractivity contribution >= 4 is 27.8 Å². The Morgan fingerprint density at radius 2 is 1.87 bits per heavy atom. The van der Waals surface area contributed by atoms with Crippen molar-refractivity contribution in [2.24, 2.45) is 23.2 Å². The van der Waals surface area contributed by atoms with E-state index in [0.29, 0.717) is 17.9 Å². The summed E-state index contributed by atoms with van der Waals surface area (Å²) < 4.78 is 33.4. The number of hydrogen-bond acceptors (Lipinski definition) is 6. The normalized spacial score (nSPS) is 30.1. The van der Waals surface area contributed by atoms with Crippen LogP contribution in [0.25, 0.3) is 0 Å². The van der Waals surface area contributed by atoms with Gasteiger partial charge in [-0.1, -0.05) is 6.42 Å². The fraction of sp³-hybridized carbons (Fsp3) is 0.708. The lowest BCUT2D eigenvalue weighted by atomic mass is 9.47. The number of benzene rings is 1. The number of thioether (sulfide) groups is 1. The molecule has 5 nitrogen and oxygen atoms in total. The summed E-state index contributed by atoms with van der Waals surface area (Å²) in [4.78, 5) is 13.7. The first-order chi connectivity index (χ1) is 14.6. The minimum atomic E-state index is -3.52. The highest BCUT2D eigenvalue weighted by Crippen LogP contribution is 2.62. The number of ether oxygens (including phenoxy) is 1. The molecule has 172 valence electrons. The second-order valence-corrected chi connectivity index (χ2v) is 13.0. The van der Waals surface area contributed by atoms with E-state index in [1.807, 2.05) is 0 Å². The first kappa shape index (κ1) is 23.0. The quantitative estimate of drug-likeness (QED) is 0.289. The number of carbonyl (C=O) groups excluding carboxylic acids is 1. The van der Waals surface area contributed by atoms with Crippen LogP contribution < -0.4 is 4.18 Å². The molecule has 1 aromatic carbocycles. The lowest BCUT2D eigenvalue weighted by molar-refractivity contribution is -0.191.